The van der Waals surface area contributed by atoms with Gasteiger partial charge in [-0.2, -0.15) is 0 Å². The van der Waals surface area contributed by atoms with E-state index in [0.29, 0.717) is 6.54 Å². The highest BCUT2D eigenvalue weighted by Crippen LogP contribution is 2.27. The third kappa shape index (κ3) is 5.02. The first-order chi connectivity index (χ1) is 13.6. The Bertz CT molecular complexity index is 728. The minimum absolute atomic E-state index is 0.582. The van der Waals surface area contributed by atoms with E-state index in [9.17, 15) is 5.11 Å². The summed E-state index contributed by atoms with van der Waals surface area (Å²) in [7, 11) is 0. The van der Waals surface area contributed by atoms with E-state index in [4.69, 9.17) is 0 Å². The number of benzene rings is 1. The number of nitrogens with zero attached hydrogens (tertiary/aromatic N) is 4. The molecule has 0 radical (unpaired) electrons. The minimum atomic E-state index is -0.582. The zero-order valence-corrected chi connectivity index (χ0v) is 17.1. The molecule has 4 rings (SSSR count). The summed E-state index contributed by atoms with van der Waals surface area (Å²) in [6.07, 6.45) is 8.10. The topological polar surface area (TPSA) is 44.5 Å². The van der Waals surface area contributed by atoms with E-state index in [1.165, 1.54) is 38.0 Å². The van der Waals surface area contributed by atoms with Crippen molar-refractivity contribution in [1.82, 2.24) is 19.4 Å². The van der Waals surface area contributed by atoms with Gasteiger partial charge in [-0.15, -0.1) is 0 Å². The number of aromatic nitrogens is 2. The number of rotatable bonds is 6. The van der Waals surface area contributed by atoms with Crippen LogP contribution in [0.15, 0.2) is 42.7 Å². The van der Waals surface area contributed by atoms with E-state index in [1.54, 1.807) is 0 Å². The molecule has 0 saturated carbocycles. The van der Waals surface area contributed by atoms with Crippen molar-refractivity contribution in [3.8, 4) is 0 Å². The molecule has 2 fully saturated rings. The third-order valence-corrected chi connectivity index (χ3v) is 6.65. The highest BCUT2D eigenvalue weighted by molar-refractivity contribution is 5.14. The largest absolute Gasteiger partial charge is 0.388 e. The van der Waals surface area contributed by atoms with Crippen LogP contribution >= 0.6 is 0 Å². The maximum absolute atomic E-state index is 11.0. The van der Waals surface area contributed by atoms with E-state index < -0.39 is 5.60 Å². The smallest absolute Gasteiger partial charge is 0.105 e. The Kier molecular flexibility index (Phi) is 6.14. The van der Waals surface area contributed by atoms with Crippen LogP contribution in [0.3, 0.4) is 0 Å². The van der Waals surface area contributed by atoms with Crippen LogP contribution in [-0.2, 0) is 13.1 Å². The van der Waals surface area contributed by atoms with Crippen LogP contribution in [-0.4, -0.2) is 62.8 Å². The van der Waals surface area contributed by atoms with Crippen LogP contribution in [0.2, 0.25) is 0 Å². The summed E-state index contributed by atoms with van der Waals surface area (Å²) in [5.41, 5.74) is 0.838. The Balaban J connectivity index is 1.19. The molecule has 0 amide bonds. The number of hydrogen-bond donors (Lipinski definition) is 1. The Morgan fingerprint density at radius 1 is 1.04 bits per heavy atom. The molecule has 5 heteroatoms. The summed E-state index contributed by atoms with van der Waals surface area (Å²) in [6.45, 7) is 9.38. The lowest BCUT2D eigenvalue weighted by Crippen LogP contribution is -2.48. The summed E-state index contributed by atoms with van der Waals surface area (Å²) >= 11 is 0. The van der Waals surface area contributed by atoms with Crippen LogP contribution in [0.5, 0.6) is 0 Å². The number of aryl methyl sites for hydroxylation is 1. The maximum Gasteiger partial charge on any atom is 0.105 e. The van der Waals surface area contributed by atoms with Gasteiger partial charge in [0.1, 0.15) is 5.82 Å². The molecule has 2 aliphatic rings. The maximum atomic E-state index is 11.0. The number of imidazole rings is 1. The number of aliphatic hydroxyl groups is 1. The molecule has 152 valence electrons. The molecule has 1 aromatic heterocycles. The number of hydrogen-bond acceptors (Lipinski definition) is 4. The summed E-state index contributed by atoms with van der Waals surface area (Å²) < 4.78 is 2.08. The van der Waals surface area contributed by atoms with Gasteiger partial charge in [-0.1, -0.05) is 30.3 Å². The van der Waals surface area contributed by atoms with Crippen molar-refractivity contribution in [2.75, 3.05) is 32.7 Å². The van der Waals surface area contributed by atoms with Crippen molar-refractivity contribution < 1.29 is 5.11 Å². The molecule has 0 spiro atoms. The summed E-state index contributed by atoms with van der Waals surface area (Å²) in [6, 6.07) is 10.8. The second kappa shape index (κ2) is 8.76. The fourth-order valence-electron chi connectivity index (χ4n) is 4.73. The van der Waals surface area contributed by atoms with Crippen molar-refractivity contribution in [3.63, 3.8) is 0 Å². The fourth-order valence-corrected chi connectivity index (χ4v) is 4.73. The van der Waals surface area contributed by atoms with Crippen LogP contribution in [0, 0.1) is 12.8 Å². The third-order valence-electron chi connectivity index (χ3n) is 6.65. The highest BCUT2D eigenvalue weighted by atomic mass is 16.3. The first-order valence-corrected chi connectivity index (χ1v) is 10.8. The van der Waals surface area contributed by atoms with Gasteiger partial charge in [0.15, 0.2) is 0 Å². The molecule has 0 aliphatic carbocycles. The van der Waals surface area contributed by atoms with Crippen molar-refractivity contribution >= 4 is 0 Å². The van der Waals surface area contributed by atoms with Crippen LogP contribution in [0.1, 0.15) is 37.1 Å². The average molecular weight is 383 g/mol. The summed E-state index contributed by atoms with van der Waals surface area (Å²) in [5, 5.41) is 11.0. The lowest BCUT2D eigenvalue weighted by molar-refractivity contribution is -0.0386. The van der Waals surface area contributed by atoms with Gasteiger partial charge < -0.3 is 14.6 Å². The molecular weight excluding hydrogens is 348 g/mol. The molecule has 5 nitrogen and oxygen atoms in total. The fraction of sp³-hybridized carbons (Fsp3) is 0.609. The van der Waals surface area contributed by atoms with Gasteiger partial charge in [0, 0.05) is 38.6 Å². The van der Waals surface area contributed by atoms with Crippen molar-refractivity contribution in [1.29, 1.82) is 0 Å². The van der Waals surface area contributed by atoms with Gasteiger partial charge in [0.25, 0.3) is 0 Å². The van der Waals surface area contributed by atoms with Gasteiger partial charge in [0.05, 0.1) is 12.1 Å². The van der Waals surface area contributed by atoms with Crippen LogP contribution in [0.25, 0.3) is 0 Å². The second-order valence-corrected chi connectivity index (χ2v) is 8.83. The Hall–Kier alpha value is -1.69. The first-order valence-electron chi connectivity index (χ1n) is 10.8. The van der Waals surface area contributed by atoms with E-state index in [-0.39, 0.29) is 0 Å². The Labute approximate surface area is 169 Å². The zero-order chi connectivity index (χ0) is 19.4. The van der Waals surface area contributed by atoms with Gasteiger partial charge >= 0.3 is 0 Å². The van der Waals surface area contributed by atoms with Gasteiger partial charge in [0.2, 0.25) is 0 Å². The summed E-state index contributed by atoms with van der Waals surface area (Å²) in [5.74, 6) is 1.78. The van der Waals surface area contributed by atoms with E-state index in [0.717, 1.165) is 44.2 Å². The monoisotopic (exact) mass is 382 g/mol. The molecule has 0 unspecified atom stereocenters. The Morgan fingerprint density at radius 2 is 1.75 bits per heavy atom. The SMILES string of the molecule is Cc1nccn1CC1(O)CCN(CC2CCN(Cc3ccccc3)CC2)CC1. The number of likely N-dealkylation sites (tertiary alicyclic amines) is 2. The molecule has 3 heterocycles. The minimum Gasteiger partial charge on any atom is -0.388 e. The highest BCUT2D eigenvalue weighted by Gasteiger charge is 2.34. The van der Waals surface area contributed by atoms with Crippen LogP contribution in [0.4, 0.5) is 0 Å². The van der Waals surface area contributed by atoms with Gasteiger partial charge in [-0.25, -0.2) is 4.98 Å². The molecular formula is C23H34N4O. The molecule has 1 aromatic carbocycles. The predicted octanol–water partition coefficient (Wildman–Crippen LogP) is 2.93. The van der Waals surface area contributed by atoms with Crippen molar-refractivity contribution in [3.05, 3.63) is 54.1 Å². The molecule has 0 bridgehead atoms. The molecule has 2 saturated heterocycles. The van der Waals surface area contributed by atoms with E-state index in [2.05, 4.69) is 49.7 Å². The zero-order valence-electron chi connectivity index (χ0n) is 17.1. The van der Waals surface area contributed by atoms with Gasteiger partial charge in [-0.3, -0.25) is 4.90 Å². The predicted molar refractivity (Wildman–Crippen MR) is 112 cm³/mol. The van der Waals surface area contributed by atoms with E-state index >= 15 is 0 Å². The number of piperidine rings is 2. The summed E-state index contributed by atoms with van der Waals surface area (Å²) in [4.78, 5) is 9.44. The van der Waals surface area contributed by atoms with Crippen molar-refractivity contribution in [2.24, 2.45) is 5.92 Å². The quantitative estimate of drug-likeness (QED) is 0.834. The normalized spacial score (nSPS) is 21.8. The molecule has 1 N–H and O–H groups in total. The lowest BCUT2D eigenvalue weighted by Gasteiger charge is -2.41. The van der Waals surface area contributed by atoms with Gasteiger partial charge in [-0.05, 0) is 57.2 Å². The standard InChI is InChI=1S/C23H34N4O/c1-20-24-11-16-27(20)19-23(28)9-14-26(15-10-23)18-22-7-12-25(13-8-22)17-21-5-3-2-4-6-21/h2-6,11,16,22,28H,7-10,12-15,17-19H2,1H3. The second-order valence-electron chi connectivity index (χ2n) is 8.83. The van der Waals surface area contributed by atoms with Crippen molar-refractivity contribution in [2.45, 2.75) is 51.3 Å². The first kappa shape index (κ1) is 19.6. The molecule has 0 atom stereocenters. The molecule has 2 aliphatic heterocycles. The average Bonchev–Trinajstić information content (AvgIpc) is 3.10. The lowest BCUT2D eigenvalue weighted by atomic mass is 9.89. The molecule has 2 aromatic rings. The van der Waals surface area contributed by atoms with Crippen LogP contribution < -0.4 is 0 Å². The Morgan fingerprint density at radius 3 is 2.39 bits per heavy atom. The molecule has 28 heavy (non-hydrogen) atoms. The van der Waals surface area contributed by atoms with E-state index in [1.807, 2.05) is 19.3 Å².